The van der Waals surface area contributed by atoms with Crippen LogP contribution in [0.1, 0.15) is 11.6 Å². The lowest BCUT2D eigenvalue weighted by Crippen LogP contribution is -2.12. The van der Waals surface area contributed by atoms with Gasteiger partial charge in [-0.15, -0.1) is 0 Å². The van der Waals surface area contributed by atoms with Gasteiger partial charge in [0.2, 0.25) is 11.8 Å². The maximum absolute atomic E-state index is 12.5. The summed E-state index contributed by atoms with van der Waals surface area (Å²) in [5.74, 6) is 0.422. The largest absolute Gasteiger partial charge is 0.433 e. The van der Waals surface area contributed by atoms with E-state index >= 15 is 0 Å². The smallest absolute Gasteiger partial charge is 0.345 e. The van der Waals surface area contributed by atoms with E-state index < -0.39 is 11.9 Å². The molecule has 10 heteroatoms. The predicted molar refractivity (Wildman–Crippen MR) is 63.0 cm³/mol. The van der Waals surface area contributed by atoms with Crippen molar-refractivity contribution in [3.63, 3.8) is 0 Å². The number of anilines is 2. The van der Waals surface area contributed by atoms with Crippen molar-refractivity contribution in [2.75, 3.05) is 24.3 Å². The van der Waals surface area contributed by atoms with Gasteiger partial charge in [0.15, 0.2) is 0 Å². The average molecular weight is 288 g/mol. The summed E-state index contributed by atoms with van der Waals surface area (Å²) in [5, 5.41) is 6.25. The molecule has 0 amide bonds. The molecular formula is C10H11F3N6O. The van der Waals surface area contributed by atoms with E-state index in [2.05, 4.69) is 25.4 Å². The molecule has 1 N–H and O–H groups in total. The van der Waals surface area contributed by atoms with Crippen molar-refractivity contribution in [2.45, 2.75) is 12.7 Å². The van der Waals surface area contributed by atoms with Crippen LogP contribution < -0.4 is 10.2 Å². The molecule has 0 radical (unpaired) electrons. The number of nitrogens with one attached hydrogen (secondary N) is 1. The minimum atomic E-state index is -4.51. The van der Waals surface area contributed by atoms with Gasteiger partial charge in [0.1, 0.15) is 5.69 Å². The minimum absolute atomic E-state index is 0.0299. The summed E-state index contributed by atoms with van der Waals surface area (Å²) in [6, 6.07) is 0.794. The van der Waals surface area contributed by atoms with Crippen LogP contribution in [-0.4, -0.2) is 34.2 Å². The van der Waals surface area contributed by atoms with Crippen molar-refractivity contribution in [3.05, 3.63) is 23.8 Å². The van der Waals surface area contributed by atoms with Crippen LogP contribution >= 0.6 is 0 Å². The van der Waals surface area contributed by atoms with Crippen LogP contribution in [0.5, 0.6) is 0 Å². The van der Waals surface area contributed by atoms with E-state index in [0.717, 1.165) is 12.3 Å². The summed E-state index contributed by atoms with van der Waals surface area (Å²) in [4.78, 5) is 12.7. The van der Waals surface area contributed by atoms with E-state index in [-0.39, 0.29) is 18.4 Å². The summed E-state index contributed by atoms with van der Waals surface area (Å²) in [6.45, 7) is 0.0299. The number of alkyl halides is 3. The quantitative estimate of drug-likeness (QED) is 0.914. The van der Waals surface area contributed by atoms with Gasteiger partial charge in [-0.1, -0.05) is 0 Å². The molecule has 2 rings (SSSR count). The van der Waals surface area contributed by atoms with E-state index in [1.807, 2.05) is 0 Å². The second kappa shape index (κ2) is 5.31. The van der Waals surface area contributed by atoms with Crippen LogP contribution in [0.2, 0.25) is 0 Å². The Morgan fingerprint density at radius 3 is 2.65 bits per heavy atom. The summed E-state index contributed by atoms with van der Waals surface area (Å²) in [7, 11) is 3.47. The number of hydrogen-bond acceptors (Lipinski definition) is 7. The number of nitrogens with zero attached hydrogens (tertiary/aromatic N) is 5. The standard InChI is InChI=1S/C10H11F3N6O/c1-19(2)9-17-7(20-18-9)5-15-8-14-4-3-6(16-8)10(11,12)13/h3-4H,5H2,1-2H3,(H,14,15,16). The lowest BCUT2D eigenvalue weighted by atomic mass is 10.4. The number of aromatic nitrogens is 4. The van der Waals surface area contributed by atoms with E-state index in [1.165, 1.54) is 0 Å². The highest BCUT2D eigenvalue weighted by Gasteiger charge is 2.32. The Balaban J connectivity index is 2.03. The molecule has 2 aromatic rings. The Labute approximate surface area is 111 Å². The maximum Gasteiger partial charge on any atom is 0.433 e. The number of hydrogen-bond donors (Lipinski definition) is 1. The summed E-state index contributed by atoms with van der Waals surface area (Å²) < 4.78 is 42.3. The number of rotatable bonds is 4. The summed E-state index contributed by atoms with van der Waals surface area (Å²) in [5.41, 5.74) is -1.02. The first-order valence-corrected chi connectivity index (χ1v) is 5.50. The first-order valence-electron chi connectivity index (χ1n) is 5.50. The zero-order valence-corrected chi connectivity index (χ0v) is 10.6. The van der Waals surface area contributed by atoms with Gasteiger partial charge in [-0.25, -0.2) is 9.97 Å². The monoisotopic (exact) mass is 288 g/mol. The van der Waals surface area contributed by atoms with E-state index in [9.17, 15) is 13.2 Å². The minimum Gasteiger partial charge on any atom is -0.345 e. The molecule has 0 atom stereocenters. The SMILES string of the molecule is CN(C)c1noc(CNc2nccc(C(F)(F)F)n2)n1. The number of halogens is 3. The van der Waals surface area contributed by atoms with Gasteiger partial charge in [0, 0.05) is 20.3 Å². The molecule has 0 spiro atoms. The van der Waals surface area contributed by atoms with Gasteiger partial charge in [-0.2, -0.15) is 18.2 Å². The second-order valence-electron chi connectivity index (χ2n) is 4.00. The van der Waals surface area contributed by atoms with Gasteiger partial charge in [-0.05, 0) is 11.2 Å². The zero-order valence-electron chi connectivity index (χ0n) is 10.6. The second-order valence-corrected chi connectivity index (χ2v) is 4.00. The molecule has 20 heavy (non-hydrogen) atoms. The molecule has 0 fully saturated rings. The van der Waals surface area contributed by atoms with Crippen LogP contribution in [0.15, 0.2) is 16.8 Å². The van der Waals surface area contributed by atoms with Crippen LogP contribution in [0, 0.1) is 0 Å². The van der Waals surface area contributed by atoms with Crippen LogP contribution in [0.25, 0.3) is 0 Å². The van der Waals surface area contributed by atoms with Gasteiger partial charge in [-0.3, -0.25) is 0 Å². The van der Waals surface area contributed by atoms with Crippen molar-refractivity contribution in [2.24, 2.45) is 0 Å². The van der Waals surface area contributed by atoms with Crippen molar-refractivity contribution in [1.29, 1.82) is 0 Å². The lowest BCUT2D eigenvalue weighted by molar-refractivity contribution is -0.141. The van der Waals surface area contributed by atoms with Crippen LogP contribution in [0.4, 0.5) is 25.1 Å². The molecule has 2 heterocycles. The van der Waals surface area contributed by atoms with Gasteiger partial charge < -0.3 is 14.7 Å². The molecule has 0 aliphatic rings. The molecule has 0 saturated heterocycles. The molecule has 0 bridgehead atoms. The zero-order chi connectivity index (χ0) is 14.8. The predicted octanol–water partition coefficient (Wildman–Crippen LogP) is 1.56. The average Bonchev–Trinajstić information content (AvgIpc) is 2.85. The van der Waals surface area contributed by atoms with Crippen molar-refractivity contribution < 1.29 is 17.7 Å². The Morgan fingerprint density at radius 1 is 1.30 bits per heavy atom. The molecule has 0 aliphatic heterocycles. The summed E-state index contributed by atoms with van der Waals surface area (Å²) >= 11 is 0. The van der Waals surface area contributed by atoms with Gasteiger partial charge in [0.25, 0.3) is 5.95 Å². The molecule has 108 valence electrons. The Hall–Kier alpha value is -2.39. The lowest BCUT2D eigenvalue weighted by Gasteiger charge is -2.07. The van der Waals surface area contributed by atoms with E-state index in [4.69, 9.17) is 4.52 Å². The normalized spacial score (nSPS) is 11.4. The molecule has 7 nitrogen and oxygen atoms in total. The van der Waals surface area contributed by atoms with Gasteiger partial charge in [0.05, 0.1) is 6.54 Å². The van der Waals surface area contributed by atoms with Crippen molar-refractivity contribution in [1.82, 2.24) is 20.1 Å². The molecular weight excluding hydrogens is 277 g/mol. The third kappa shape index (κ3) is 3.33. The third-order valence-corrected chi connectivity index (χ3v) is 2.20. The Morgan fingerprint density at radius 2 is 2.05 bits per heavy atom. The van der Waals surface area contributed by atoms with Crippen LogP contribution in [-0.2, 0) is 12.7 Å². The van der Waals surface area contributed by atoms with Gasteiger partial charge >= 0.3 is 6.18 Å². The highest BCUT2D eigenvalue weighted by molar-refractivity contribution is 5.28. The fourth-order valence-corrected chi connectivity index (χ4v) is 1.26. The topological polar surface area (TPSA) is 80.0 Å². The maximum atomic E-state index is 12.5. The first kappa shape index (κ1) is 14.0. The van der Waals surface area contributed by atoms with E-state index in [1.54, 1.807) is 19.0 Å². The fraction of sp³-hybridized carbons (Fsp3) is 0.400. The first-order chi connectivity index (χ1) is 9.36. The fourth-order valence-electron chi connectivity index (χ4n) is 1.26. The molecule has 0 saturated carbocycles. The molecule has 0 aliphatic carbocycles. The molecule has 0 unspecified atom stereocenters. The van der Waals surface area contributed by atoms with Crippen LogP contribution in [0.3, 0.4) is 0 Å². The van der Waals surface area contributed by atoms with E-state index in [0.29, 0.717) is 5.95 Å². The Bertz CT molecular complexity index is 582. The summed E-state index contributed by atoms with van der Waals surface area (Å²) in [6.07, 6.45) is -3.49. The highest BCUT2D eigenvalue weighted by atomic mass is 19.4. The Kier molecular flexibility index (Phi) is 3.72. The molecule has 2 aromatic heterocycles. The third-order valence-electron chi connectivity index (χ3n) is 2.20. The highest BCUT2D eigenvalue weighted by Crippen LogP contribution is 2.27. The molecule has 0 aromatic carbocycles. The van der Waals surface area contributed by atoms with Crippen molar-refractivity contribution >= 4 is 11.9 Å². The van der Waals surface area contributed by atoms with Crippen molar-refractivity contribution in [3.8, 4) is 0 Å².